The van der Waals surface area contributed by atoms with E-state index in [1.165, 1.54) is 16.7 Å². The lowest BCUT2D eigenvalue weighted by molar-refractivity contribution is 0.580. The molecule has 138 valence electrons. The Labute approximate surface area is 163 Å². The SMILES string of the molecule is CC1=CCC2C=C(c3ccc(Cn4cnc5ncccc5c4=O)cc3)C=CC12. The fraction of sp³-hybridized carbons (Fsp3) is 0.208. The molecule has 2 unspecified atom stereocenters. The van der Waals surface area contributed by atoms with E-state index in [1.54, 1.807) is 29.2 Å². The lowest BCUT2D eigenvalue weighted by atomic mass is 9.84. The second kappa shape index (κ2) is 6.71. The van der Waals surface area contributed by atoms with Gasteiger partial charge in [-0.1, -0.05) is 54.1 Å². The molecule has 0 saturated carbocycles. The molecule has 2 aromatic heterocycles. The Morgan fingerprint density at radius 1 is 1.14 bits per heavy atom. The minimum Gasteiger partial charge on any atom is -0.294 e. The summed E-state index contributed by atoms with van der Waals surface area (Å²) in [4.78, 5) is 21.1. The Morgan fingerprint density at radius 3 is 2.86 bits per heavy atom. The number of pyridine rings is 1. The Hall–Kier alpha value is -3.27. The van der Waals surface area contributed by atoms with Gasteiger partial charge in [0.25, 0.3) is 5.56 Å². The summed E-state index contributed by atoms with van der Waals surface area (Å²) in [5.41, 5.74) is 5.49. The summed E-state index contributed by atoms with van der Waals surface area (Å²) in [6, 6.07) is 12.0. The number of aromatic nitrogens is 3. The highest BCUT2D eigenvalue weighted by molar-refractivity contribution is 5.76. The summed E-state index contributed by atoms with van der Waals surface area (Å²) in [5.74, 6) is 1.17. The molecule has 3 aromatic rings. The second-order valence-electron chi connectivity index (χ2n) is 7.60. The normalized spacial score (nSPS) is 20.8. The summed E-state index contributed by atoms with van der Waals surface area (Å²) in [5, 5.41) is 0.550. The molecule has 4 heteroatoms. The average molecular weight is 367 g/mol. The van der Waals surface area contributed by atoms with E-state index in [2.05, 4.69) is 65.5 Å². The van der Waals surface area contributed by atoms with Gasteiger partial charge in [0.2, 0.25) is 0 Å². The molecule has 0 fully saturated rings. The highest BCUT2D eigenvalue weighted by atomic mass is 16.1. The molecule has 0 N–H and O–H groups in total. The molecule has 0 amide bonds. The minimum atomic E-state index is -0.0600. The minimum absolute atomic E-state index is 0.0600. The fourth-order valence-electron chi connectivity index (χ4n) is 4.20. The van der Waals surface area contributed by atoms with Crippen LogP contribution in [0.4, 0.5) is 0 Å². The van der Waals surface area contributed by atoms with Crippen LogP contribution in [0.15, 0.2) is 83.6 Å². The number of fused-ring (bicyclic) bond motifs is 2. The molecule has 0 bridgehead atoms. The third-order valence-corrected chi connectivity index (χ3v) is 5.81. The van der Waals surface area contributed by atoms with Gasteiger partial charge in [0.15, 0.2) is 5.65 Å². The van der Waals surface area contributed by atoms with Crippen molar-refractivity contribution in [1.82, 2.24) is 14.5 Å². The van der Waals surface area contributed by atoms with Crippen LogP contribution in [0.5, 0.6) is 0 Å². The van der Waals surface area contributed by atoms with Gasteiger partial charge >= 0.3 is 0 Å². The van der Waals surface area contributed by atoms with Gasteiger partial charge in [-0.25, -0.2) is 9.97 Å². The highest BCUT2D eigenvalue weighted by Gasteiger charge is 2.26. The van der Waals surface area contributed by atoms with Crippen molar-refractivity contribution in [3.8, 4) is 0 Å². The molecule has 2 heterocycles. The van der Waals surface area contributed by atoms with Crippen LogP contribution in [0, 0.1) is 11.8 Å². The maximum atomic E-state index is 12.6. The van der Waals surface area contributed by atoms with Crippen LogP contribution in [-0.2, 0) is 6.54 Å². The smallest absolute Gasteiger partial charge is 0.263 e. The summed E-state index contributed by atoms with van der Waals surface area (Å²) in [6.07, 6.45) is 13.7. The summed E-state index contributed by atoms with van der Waals surface area (Å²) >= 11 is 0. The van der Waals surface area contributed by atoms with Crippen molar-refractivity contribution in [2.45, 2.75) is 19.9 Å². The maximum absolute atomic E-state index is 12.6. The fourth-order valence-corrected chi connectivity index (χ4v) is 4.20. The van der Waals surface area contributed by atoms with Crippen LogP contribution in [0.25, 0.3) is 16.6 Å². The summed E-state index contributed by atoms with van der Waals surface area (Å²) in [6.45, 7) is 2.72. The lowest BCUT2D eigenvalue weighted by Gasteiger charge is -2.21. The lowest BCUT2D eigenvalue weighted by Crippen LogP contribution is -2.21. The predicted octanol–water partition coefficient (Wildman–Crippen LogP) is 4.38. The Bertz CT molecular complexity index is 1200. The quantitative estimate of drug-likeness (QED) is 0.646. The first-order valence-electron chi connectivity index (χ1n) is 9.65. The van der Waals surface area contributed by atoms with Crippen molar-refractivity contribution < 1.29 is 0 Å². The summed E-state index contributed by atoms with van der Waals surface area (Å²) in [7, 11) is 0. The molecule has 1 aromatic carbocycles. The number of nitrogens with zero attached hydrogens (tertiary/aromatic N) is 3. The molecule has 0 aliphatic heterocycles. The van der Waals surface area contributed by atoms with Gasteiger partial charge in [0, 0.05) is 12.1 Å². The highest BCUT2D eigenvalue weighted by Crippen LogP contribution is 2.39. The molecule has 4 nitrogen and oxygen atoms in total. The van der Waals surface area contributed by atoms with Crippen LogP contribution in [-0.4, -0.2) is 14.5 Å². The van der Waals surface area contributed by atoms with Gasteiger partial charge in [0.05, 0.1) is 11.9 Å². The van der Waals surface area contributed by atoms with Crippen molar-refractivity contribution in [1.29, 1.82) is 0 Å². The second-order valence-corrected chi connectivity index (χ2v) is 7.60. The van der Waals surface area contributed by atoms with Crippen molar-refractivity contribution in [2.75, 3.05) is 0 Å². The van der Waals surface area contributed by atoms with Gasteiger partial charge < -0.3 is 0 Å². The standard InChI is InChI=1S/C24H21N3O/c1-16-4-7-20-13-19(10-11-21(16)20)18-8-5-17(6-9-18)14-27-15-26-23-22(24(27)28)3-2-12-25-23/h2-6,8-13,15,20-21H,7,14H2,1H3. The van der Waals surface area contributed by atoms with Gasteiger partial charge in [-0.05, 0) is 48.1 Å². The van der Waals surface area contributed by atoms with Crippen molar-refractivity contribution >= 4 is 16.6 Å². The Balaban J connectivity index is 1.38. The molecular formula is C24H21N3O. The van der Waals surface area contributed by atoms with E-state index in [0.29, 0.717) is 29.4 Å². The van der Waals surface area contributed by atoms with E-state index in [9.17, 15) is 4.79 Å². The molecular weight excluding hydrogens is 346 g/mol. The Morgan fingerprint density at radius 2 is 2.00 bits per heavy atom. The molecule has 2 atom stereocenters. The van der Waals surface area contributed by atoms with E-state index in [1.807, 2.05) is 0 Å². The summed E-state index contributed by atoms with van der Waals surface area (Å²) < 4.78 is 1.64. The largest absolute Gasteiger partial charge is 0.294 e. The predicted molar refractivity (Wildman–Crippen MR) is 112 cm³/mol. The van der Waals surface area contributed by atoms with E-state index < -0.39 is 0 Å². The van der Waals surface area contributed by atoms with Crippen LogP contribution in [0.3, 0.4) is 0 Å². The molecule has 2 aliphatic rings. The zero-order valence-corrected chi connectivity index (χ0v) is 15.7. The van der Waals surface area contributed by atoms with E-state index >= 15 is 0 Å². The zero-order valence-electron chi connectivity index (χ0n) is 15.7. The topological polar surface area (TPSA) is 47.8 Å². The van der Waals surface area contributed by atoms with Crippen LogP contribution in [0.2, 0.25) is 0 Å². The van der Waals surface area contributed by atoms with E-state index in [0.717, 1.165) is 12.0 Å². The first kappa shape index (κ1) is 16.9. The van der Waals surface area contributed by atoms with Crippen LogP contribution >= 0.6 is 0 Å². The van der Waals surface area contributed by atoms with Gasteiger partial charge in [-0.3, -0.25) is 9.36 Å². The number of hydrogen-bond acceptors (Lipinski definition) is 3. The van der Waals surface area contributed by atoms with Gasteiger partial charge in [-0.2, -0.15) is 0 Å². The molecule has 2 aliphatic carbocycles. The van der Waals surface area contributed by atoms with Crippen molar-refractivity contribution in [2.24, 2.45) is 11.8 Å². The average Bonchev–Trinajstić information content (AvgIpc) is 3.11. The van der Waals surface area contributed by atoms with Crippen molar-refractivity contribution in [3.63, 3.8) is 0 Å². The number of rotatable bonds is 3. The van der Waals surface area contributed by atoms with Gasteiger partial charge in [0.1, 0.15) is 6.33 Å². The zero-order chi connectivity index (χ0) is 19.1. The van der Waals surface area contributed by atoms with E-state index in [-0.39, 0.29) is 5.56 Å². The van der Waals surface area contributed by atoms with Gasteiger partial charge in [-0.15, -0.1) is 0 Å². The monoisotopic (exact) mass is 367 g/mol. The number of hydrogen-bond donors (Lipinski definition) is 0. The third kappa shape index (κ3) is 2.91. The first-order chi connectivity index (χ1) is 13.7. The van der Waals surface area contributed by atoms with Crippen LogP contribution < -0.4 is 5.56 Å². The van der Waals surface area contributed by atoms with E-state index in [4.69, 9.17) is 0 Å². The number of allylic oxidation sites excluding steroid dienone is 6. The maximum Gasteiger partial charge on any atom is 0.263 e. The molecule has 0 spiro atoms. The molecule has 0 radical (unpaired) electrons. The Kier molecular flexibility index (Phi) is 4.05. The first-order valence-corrected chi connectivity index (χ1v) is 9.65. The third-order valence-electron chi connectivity index (χ3n) is 5.81. The van der Waals surface area contributed by atoms with Crippen molar-refractivity contribution in [3.05, 3.63) is 100 Å². The van der Waals surface area contributed by atoms with Crippen LogP contribution in [0.1, 0.15) is 24.5 Å². The number of benzene rings is 1. The molecule has 0 saturated heterocycles. The molecule has 5 rings (SSSR count). The molecule has 28 heavy (non-hydrogen) atoms.